The molecule has 0 bridgehead atoms. The lowest BCUT2D eigenvalue weighted by atomic mass is 9.89. The van der Waals surface area contributed by atoms with E-state index in [4.69, 9.17) is 4.42 Å². The first-order chi connectivity index (χ1) is 25.7. The third kappa shape index (κ3) is 4.07. The lowest BCUT2D eigenvalue weighted by Crippen LogP contribution is -1.93. The number of furan rings is 1. The Labute approximate surface area is 298 Å². The zero-order chi connectivity index (χ0) is 34.3. The molecule has 0 fully saturated rings. The highest BCUT2D eigenvalue weighted by molar-refractivity contribution is 6.29. The molecule has 0 spiro atoms. The Hall–Kier alpha value is -7.15. The molecule has 52 heavy (non-hydrogen) atoms. The Bertz CT molecular complexity index is 3300. The van der Waals surface area contributed by atoms with E-state index in [9.17, 15) is 5.26 Å². The van der Waals surface area contributed by atoms with Gasteiger partial charge in [0.1, 0.15) is 11.2 Å². The van der Waals surface area contributed by atoms with Gasteiger partial charge in [-0.3, -0.25) is 0 Å². The number of benzene rings is 9. The number of rotatable bonds is 3. The van der Waals surface area contributed by atoms with Crippen LogP contribution in [0.4, 0.5) is 0 Å². The van der Waals surface area contributed by atoms with Crippen LogP contribution in [0.5, 0.6) is 0 Å². The molecular formula is C49H28N2O. The van der Waals surface area contributed by atoms with Gasteiger partial charge in [0.05, 0.1) is 22.7 Å². The van der Waals surface area contributed by atoms with Crippen molar-refractivity contribution in [2.75, 3.05) is 0 Å². The van der Waals surface area contributed by atoms with E-state index in [0.29, 0.717) is 5.56 Å². The van der Waals surface area contributed by atoms with Gasteiger partial charge in [0.25, 0.3) is 0 Å². The van der Waals surface area contributed by atoms with E-state index >= 15 is 0 Å². The molecule has 0 aliphatic carbocycles. The molecule has 0 aliphatic heterocycles. The van der Waals surface area contributed by atoms with Gasteiger partial charge in [-0.05, 0) is 104 Å². The van der Waals surface area contributed by atoms with Crippen LogP contribution in [0.2, 0.25) is 0 Å². The summed E-state index contributed by atoms with van der Waals surface area (Å²) in [6.07, 6.45) is 0. The van der Waals surface area contributed by atoms with Gasteiger partial charge < -0.3 is 8.98 Å². The van der Waals surface area contributed by atoms with Gasteiger partial charge >= 0.3 is 0 Å². The Balaban J connectivity index is 1.17. The van der Waals surface area contributed by atoms with Crippen LogP contribution in [0, 0.1) is 11.3 Å². The molecule has 0 amide bonds. The average Bonchev–Trinajstić information content (AvgIpc) is 3.77. The van der Waals surface area contributed by atoms with E-state index in [1.807, 2.05) is 18.2 Å². The fourth-order valence-electron chi connectivity index (χ4n) is 8.49. The number of nitrogens with zero attached hydrogens (tertiary/aromatic N) is 2. The van der Waals surface area contributed by atoms with Crippen LogP contribution in [0.1, 0.15) is 5.56 Å². The summed E-state index contributed by atoms with van der Waals surface area (Å²) in [4.78, 5) is 0. The molecule has 0 radical (unpaired) electrons. The van der Waals surface area contributed by atoms with Gasteiger partial charge in [0.15, 0.2) is 0 Å². The molecule has 0 atom stereocenters. The van der Waals surface area contributed by atoms with Gasteiger partial charge in [0.2, 0.25) is 0 Å². The maximum atomic E-state index is 9.81. The van der Waals surface area contributed by atoms with Crippen molar-refractivity contribution in [3.8, 4) is 34.0 Å². The highest BCUT2D eigenvalue weighted by atomic mass is 16.3. The highest BCUT2D eigenvalue weighted by Crippen LogP contribution is 2.46. The van der Waals surface area contributed by atoms with Crippen LogP contribution in [-0.4, -0.2) is 4.57 Å². The summed E-state index contributed by atoms with van der Waals surface area (Å²) < 4.78 is 9.13. The van der Waals surface area contributed by atoms with Crippen LogP contribution >= 0.6 is 0 Å². The van der Waals surface area contributed by atoms with Crippen molar-refractivity contribution in [1.82, 2.24) is 4.57 Å². The largest absolute Gasteiger partial charge is 0.455 e. The predicted octanol–water partition coefficient (Wildman–Crippen LogP) is 13.3. The summed E-state index contributed by atoms with van der Waals surface area (Å²) in [5, 5.41) is 21.4. The number of aromatic nitrogens is 1. The summed E-state index contributed by atoms with van der Waals surface area (Å²) in [6.45, 7) is 0. The maximum absolute atomic E-state index is 9.81. The molecule has 11 aromatic rings. The van der Waals surface area contributed by atoms with Crippen molar-refractivity contribution in [2.24, 2.45) is 0 Å². The van der Waals surface area contributed by atoms with Crippen molar-refractivity contribution in [2.45, 2.75) is 0 Å². The molecule has 0 saturated carbocycles. The Morgan fingerprint density at radius 1 is 0.442 bits per heavy atom. The first-order valence-electron chi connectivity index (χ1n) is 17.6. The molecule has 0 saturated heterocycles. The number of nitriles is 1. The second-order valence-electron chi connectivity index (χ2n) is 13.6. The second kappa shape index (κ2) is 10.9. The van der Waals surface area contributed by atoms with E-state index in [1.165, 1.54) is 32.3 Å². The van der Waals surface area contributed by atoms with Crippen LogP contribution in [0.15, 0.2) is 174 Å². The zero-order valence-corrected chi connectivity index (χ0v) is 28.0. The quantitative estimate of drug-likeness (QED) is 0.189. The monoisotopic (exact) mass is 660 g/mol. The van der Waals surface area contributed by atoms with E-state index < -0.39 is 0 Å². The zero-order valence-electron chi connectivity index (χ0n) is 28.0. The standard InChI is InChI=1S/C49H28N2O/c50-29-30-18-23-44-41(26-30)42-27-33(19-24-45(42)51(44)34-12-2-1-3-13-34)35-21-22-40(39-17-9-8-16-38(35)39)43-28-32-11-5-7-15-37(32)48-47-36-14-6-4-10-31(36)20-25-46(47)52-49(43)48/h1-28H. The van der Waals surface area contributed by atoms with E-state index in [2.05, 4.69) is 162 Å². The van der Waals surface area contributed by atoms with Gasteiger partial charge in [-0.2, -0.15) is 5.26 Å². The Morgan fingerprint density at radius 3 is 1.87 bits per heavy atom. The molecule has 9 aromatic carbocycles. The van der Waals surface area contributed by atoms with Crippen molar-refractivity contribution < 1.29 is 4.42 Å². The summed E-state index contributed by atoms with van der Waals surface area (Å²) >= 11 is 0. The van der Waals surface area contributed by atoms with E-state index in [1.54, 1.807) is 0 Å². The number of fused-ring (bicyclic) bond motifs is 11. The van der Waals surface area contributed by atoms with Crippen LogP contribution < -0.4 is 0 Å². The topological polar surface area (TPSA) is 41.9 Å². The SMILES string of the molecule is N#Cc1ccc2c(c1)c1cc(-c3ccc(-c4cc5ccccc5c5c4oc4ccc6ccccc6c45)c4ccccc34)ccc1n2-c1ccccc1. The minimum absolute atomic E-state index is 0.653. The van der Waals surface area contributed by atoms with E-state index in [0.717, 1.165) is 71.7 Å². The van der Waals surface area contributed by atoms with Gasteiger partial charge in [0, 0.05) is 32.8 Å². The van der Waals surface area contributed by atoms with E-state index in [-0.39, 0.29) is 0 Å². The van der Waals surface area contributed by atoms with Crippen molar-refractivity contribution >= 4 is 76.1 Å². The van der Waals surface area contributed by atoms with Crippen LogP contribution in [0.3, 0.4) is 0 Å². The lowest BCUT2D eigenvalue weighted by molar-refractivity contribution is 0.670. The fourth-order valence-corrected chi connectivity index (χ4v) is 8.49. The highest BCUT2D eigenvalue weighted by Gasteiger charge is 2.21. The third-order valence-electron chi connectivity index (χ3n) is 10.8. The molecule has 0 N–H and O–H groups in total. The van der Waals surface area contributed by atoms with Gasteiger partial charge in [-0.25, -0.2) is 0 Å². The summed E-state index contributed by atoms with van der Waals surface area (Å²) in [6, 6.07) is 62.5. The molecule has 0 unspecified atom stereocenters. The smallest absolute Gasteiger partial charge is 0.143 e. The molecular weight excluding hydrogens is 633 g/mol. The Morgan fingerprint density at radius 2 is 1.08 bits per heavy atom. The molecule has 2 aromatic heterocycles. The van der Waals surface area contributed by atoms with Crippen LogP contribution in [0.25, 0.3) is 104 Å². The molecule has 240 valence electrons. The number of hydrogen-bond donors (Lipinski definition) is 0. The first kappa shape index (κ1) is 28.7. The fraction of sp³-hybridized carbons (Fsp3) is 0. The third-order valence-corrected chi connectivity index (χ3v) is 10.8. The lowest BCUT2D eigenvalue weighted by Gasteiger charge is -2.14. The van der Waals surface area contributed by atoms with Crippen molar-refractivity contribution in [1.29, 1.82) is 5.26 Å². The van der Waals surface area contributed by atoms with Crippen molar-refractivity contribution in [3.05, 3.63) is 175 Å². The maximum Gasteiger partial charge on any atom is 0.143 e. The normalized spacial score (nSPS) is 11.8. The summed E-state index contributed by atoms with van der Waals surface area (Å²) in [5.41, 5.74) is 10.3. The number of hydrogen-bond acceptors (Lipinski definition) is 2. The molecule has 11 rings (SSSR count). The average molecular weight is 661 g/mol. The predicted molar refractivity (Wildman–Crippen MR) is 216 cm³/mol. The first-order valence-corrected chi connectivity index (χ1v) is 17.6. The minimum Gasteiger partial charge on any atom is -0.455 e. The molecule has 3 heteroatoms. The molecule has 0 aliphatic rings. The second-order valence-corrected chi connectivity index (χ2v) is 13.6. The van der Waals surface area contributed by atoms with Crippen LogP contribution in [-0.2, 0) is 0 Å². The van der Waals surface area contributed by atoms with Gasteiger partial charge in [-0.1, -0.05) is 115 Å². The number of para-hydroxylation sites is 1. The molecule has 3 nitrogen and oxygen atoms in total. The summed E-state index contributed by atoms with van der Waals surface area (Å²) in [5.74, 6) is 0. The van der Waals surface area contributed by atoms with Crippen molar-refractivity contribution in [3.63, 3.8) is 0 Å². The van der Waals surface area contributed by atoms with Gasteiger partial charge in [-0.15, -0.1) is 0 Å². The Kier molecular flexibility index (Phi) is 6.02. The molecule has 2 heterocycles. The minimum atomic E-state index is 0.653. The summed E-state index contributed by atoms with van der Waals surface area (Å²) in [7, 11) is 0.